The molecule has 3 aliphatic heterocycles. The lowest BCUT2D eigenvalue weighted by Crippen LogP contribution is -2.59. The minimum absolute atomic E-state index is 0.172. The first-order valence-corrected chi connectivity index (χ1v) is 10.7. The highest BCUT2D eigenvalue weighted by molar-refractivity contribution is 7.14. The lowest BCUT2D eigenvalue weighted by molar-refractivity contribution is -0.275. The molecule has 4 nitrogen and oxygen atoms in total. The molecule has 0 aliphatic carbocycles. The quantitative estimate of drug-likeness (QED) is 0.477. The van der Waals surface area contributed by atoms with Crippen LogP contribution in [0, 0.1) is 5.82 Å². The minimum atomic E-state index is -4.83. The van der Waals surface area contributed by atoms with E-state index in [9.17, 15) is 17.6 Å². The molecule has 30 heavy (non-hydrogen) atoms. The van der Waals surface area contributed by atoms with Gasteiger partial charge in [0, 0.05) is 23.5 Å². The van der Waals surface area contributed by atoms with Gasteiger partial charge in [0.2, 0.25) is 0 Å². The summed E-state index contributed by atoms with van der Waals surface area (Å²) in [6, 6.07) is 3.63. The number of fused-ring (bicyclic) bond motifs is 2. The summed E-state index contributed by atoms with van der Waals surface area (Å²) in [5, 5.41) is 5.95. The molecule has 0 radical (unpaired) electrons. The van der Waals surface area contributed by atoms with E-state index in [0.717, 1.165) is 22.6 Å². The number of benzene rings is 1. The third kappa shape index (κ3) is 2.90. The Labute approximate surface area is 182 Å². The van der Waals surface area contributed by atoms with Crippen LogP contribution in [0.4, 0.5) is 17.6 Å². The smallest absolute Gasteiger partial charge is 0.374 e. The van der Waals surface area contributed by atoms with Crippen molar-refractivity contribution in [2.45, 2.75) is 30.2 Å². The van der Waals surface area contributed by atoms with E-state index >= 15 is 0 Å². The third-order valence-corrected chi connectivity index (χ3v) is 7.68. The monoisotopic (exact) mass is 480 g/mol. The van der Waals surface area contributed by atoms with E-state index in [4.69, 9.17) is 32.8 Å². The summed E-state index contributed by atoms with van der Waals surface area (Å²) in [5.74, 6) is -0.983. The molecule has 1 unspecified atom stereocenters. The van der Waals surface area contributed by atoms with Gasteiger partial charge >= 0.3 is 6.18 Å². The zero-order valence-corrected chi connectivity index (χ0v) is 17.5. The second-order valence-corrected chi connectivity index (χ2v) is 9.41. The number of rotatable bonds is 2. The van der Waals surface area contributed by atoms with Crippen LogP contribution in [-0.4, -0.2) is 31.6 Å². The fourth-order valence-electron chi connectivity index (χ4n) is 4.00. The highest BCUT2D eigenvalue weighted by Crippen LogP contribution is 2.51. The van der Waals surface area contributed by atoms with Gasteiger partial charge in [-0.1, -0.05) is 28.4 Å². The predicted molar refractivity (Wildman–Crippen MR) is 105 cm³/mol. The molecule has 5 rings (SSSR count). The van der Waals surface area contributed by atoms with Crippen molar-refractivity contribution in [3.05, 3.63) is 54.9 Å². The van der Waals surface area contributed by atoms with Crippen LogP contribution in [0.1, 0.15) is 27.3 Å². The van der Waals surface area contributed by atoms with Gasteiger partial charge in [0.1, 0.15) is 11.3 Å². The summed E-state index contributed by atoms with van der Waals surface area (Å²) in [7, 11) is 0. The number of hydrogen-bond acceptors (Lipinski definition) is 5. The van der Waals surface area contributed by atoms with Crippen LogP contribution >= 0.6 is 34.5 Å². The second-order valence-electron chi connectivity index (χ2n) is 7.55. The van der Waals surface area contributed by atoms with Crippen molar-refractivity contribution < 1.29 is 27.1 Å². The number of halogens is 6. The Morgan fingerprint density at radius 2 is 1.83 bits per heavy atom. The summed E-state index contributed by atoms with van der Waals surface area (Å²) >= 11 is 12.9. The maximum absolute atomic E-state index is 14.2. The van der Waals surface area contributed by atoms with Gasteiger partial charge in [-0.25, -0.2) is 4.39 Å². The van der Waals surface area contributed by atoms with E-state index in [1.165, 1.54) is 11.3 Å². The maximum Gasteiger partial charge on any atom is 0.435 e. The predicted octanol–water partition coefficient (Wildman–Crippen LogP) is 5.15. The van der Waals surface area contributed by atoms with Crippen molar-refractivity contribution in [1.29, 1.82) is 0 Å². The van der Waals surface area contributed by atoms with E-state index in [2.05, 4.69) is 10.5 Å². The Kier molecular flexibility index (Phi) is 4.65. The summed E-state index contributed by atoms with van der Waals surface area (Å²) in [4.78, 5) is 6.63. The van der Waals surface area contributed by atoms with Crippen LogP contribution in [0.25, 0.3) is 0 Å². The molecule has 1 aromatic carbocycles. The molecule has 1 atom stereocenters. The SMILES string of the molecule is Fc1c(Cl)cc(C2(C(F)(F)F)CC(c3cc4c(s3)C3(CNC3)OCC4)=NO2)cc1Cl. The van der Waals surface area contributed by atoms with Crippen molar-refractivity contribution >= 4 is 40.3 Å². The van der Waals surface area contributed by atoms with Crippen LogP contribution in [-0.2, 0) is 27.2 Å². The average Bonchev–Trinajstić information content (AvgIpc) is 3.28. The van der Waals surface area contributed by atoms with Crippen molar-refractivity contribution in [2.24, 2.45) is 5.16 Å². The van der Waals surface area contributed by atoms with Crippen molar-refractivity contribution in [3.8, 4) is 0 Å². The summed E-state index contributed by atoms with van der Waals surface area (Å²) in [6.07, 6.45) is -4.71. The number of oxime groups is 1. The Hall–Kier alpha value is -1.39. The fraction of sp³-hybridized carbons (Fsp3) is 0.421. The maximum atomic E-state index is 14.2. The largest absolute Gasteiger partial charge is 0.435 e. The molecular weight excluding hydrogens is 467 g/mol. The topological polar surface area (TPSA) is 42.8 Å². The van der Waals surface area contributed by atoms with E-state index in [1.807, 2.05) is 6.07 Å². The molecule has 1 spiro atoms. The number of hydrogen-bond donors (Lipinski definition) is 1. The molecule has 0 amide bonds. The lowest BCUT2D eigenvalue weighted by Gasteiger charge is -2.44. The highest BCUT2D eigenvalue weighted by Gasteiger charge is 2.62. The standard InChI is InChI=1S/C19H14Cl2F4N2O2S/c20-11-4-10(5-12(21)15(11)22)18(19(23,24)25)6-13(27-29-18)14-3-9-1-2-28-17(7-26-8-17)16(9)30-14/h3-5,26H,1-2,6-8H2. The van der Waals surface area contributed by atoms with E-state index < -0.39 is 45.2 Å². The molecule has 0 bridgehead atoms. The molecule has 1 saturated heterocycles. The number of nitrogens with zero attached hydrogens (tertiary/aromatic N) is 1. The van der Waals surface area contributed by atoms with Crippen molar-refractivity contribution in [3.63, 3.8) is 0 Å². The molecule has 1 aromatic heterocycles. The molecular formula is C19H14Cl2F4N2O2S. The zero-order chi connectivity index (χ0) is 21.3. The molecule has 1 N–H and O–H groups in total. The van der Waals surface area contributed by atoms with Gasteiger partial charge in [-0.2, -0.15) is 13.2 Å². The summed E-state index contributed by atoms with van der Waals surface area (Å²) < 4.78 is 62.2. The van der Waals surface area contributed by atoms with Crippen molar-refractivity contribution in [2.75, 3.05) is 19.7 Å². The third-order valence-electron chi connectivity index (χ3n) is 5.71. The van der Waals surface area contributed by atoms with Gasteiger partial charge in [0.25, 0.3) is 5.60 Å². The first kappa shape index (κ1) is 20.5. The van der Waals surface area contributed by atoms with Gasteiger partial charge < -0.3 is 14.9 Å². The summed E-state index contributed by atoms with van der Waals surface area (Å²) in [6.45, 7) is 1.90. The molecule has 0 saturated carbocycles. The number of nitrogens with one attached hydrogen (secondary N) is 1. The fourth-order valence-corrected chi connectivity index (χ4v) is 5.82. The Morgan fingerprint density at radius 1 is 1.13 bits per heavy atom. The van der Waals surface area contributed by atoms with Gasteiger partial charge in [0.05, 0.1) is 28.0 Å². The van der Waals surface area contributed by atoms with Crippen LogP contribution in [0.3, 0.4) is 0 Å². The number of thiophene rings is 1. The van der Waals surface area contributed by atoms with E-state index in [0.29, 0.717) is 31.0 Å². The van der Waals surface area contributed by atoms with E-state index in [-0.39, 0.29) is 5.71 Å². The molecule has 2 aromatic rings. The van der Waals surface area contributed by atoms with Crippen LogP contribution in [0.2, 0.25) is 10.0 Å². The molecule has 1 fully saturated rings. The zero-order valence-electron chi connectivity index (χ0n) is 15.2. The van der Waals surface area contributed by atoms with Crippen LogP contribution in [0.5, 0.6) is 0 Å². The Balaban J connectivity index is 1.52. The average molecular weight is 481 g/mol. The molecule has 4 heterocycles. The van der Waals surface area contributed by atoms with Gasteiger partial charge in [0.15, 0.2) is 5.82 Å². The summed E-state index contributed by atoms with van der Waals surface area (Å²) in [5.41, 5.74) is -2.36. The van der Waals surface area contributed by atoms with Gasteiger partial charge in [-0.15, -0.1) is 11.3 Å². The van der Waals surface area contributed by atoms with Crippen LogP contribution < -0.4 is 5.32 Å². The van der Waals surface area contributed by atoms with Gasteiger partial charge in [-0.3, -0.25) is 0 Å². The normalized spacial score (nSPS) is 24.9. The molecule has 3 aliphatic rings. The second kappa shape index (κ2) is 6.80. The Bertz CT molecular complexity index is 1040. The van der Waals surface area contributed by atoms with Gasteiger partial charge in [-0.05, 0) is 30.2 Å². The first-order valence-electron chi connectivity index (χ1n) is 9.10. The Morgan fingerprint density at radius 3 is 2.43 bits per heavy atom. The first-order chi connectivity index (χ1) is 14.2. The number of ether oxygens (including phenoxy) is 1. The minimum Gasteiger partial charge on any atom is -0.374 e. The highest BCUT2D eigenvalue weighted by atomic mass is 35.5. The lowest BCUT2D eigenvalue weighted by atomic mass is 9.87. The van der Waals surface area contributed by atoms with Crippen LogP contribution in [0.15, 0.2) is 23.4 Å². The molecule has 11 heteroatoms. The molecule has 160 valence electrons. The van der Waals surface area contributed by atoms with E-state index in [1.54, 1.807) is 0 Å². The number of alkyl halides is 3. The van der Waals surface area contributed by atoms with Crippen molar-refractivity contribution in [1.82, 2.24) is 5.32 Å².